The van der Waals surface area contributed by atoms with Gasteiger partial charge in [-0.3, -0.25) is 34.1 Å². The fourth-order valence-electron chi connectivity index (χ4n) is 10.2. The number of alkyl halides is 3. The van der Waals surface area contributed by atoms with Gasteiger partial charge in [-0.05, 0) is 106 Å². The predicted molar refractivity (Wildman–Crippen MR) is 258 cm³/mol. The first-order valence-electron chi connectivity index (χ1n) is 24.4. The van der Waals surface area contributed by atoms with Gasteiger partial charge in [-0.25, -0.2) is 4.98 Å². The summed E-state index contributed by atoms with van der Waals surface area (Å²) in [6.07, 6.45) is 3.83. The first kappa shape index (κ1) is 49.5. The summed E-state index contributed by atoms with van der Waals surface area (Å²) in [6, 6.07) is 15.4. The maximum Gasteiger partial charge on any atom is 0.453 e. The molecule has 4 saturated heterocycles. The Morgan fingerprint density at radius 1 is 0.875 bits per heavy atom. The van der Waals surface area contributed by atoms with Gasteiger partial charge in [-0.2, -0.15) is 22.9 Å². The number of fused-ring (bicyclic) bond motifs is 1. The SMILES string of the molecule is CN(C(=O)c1cccc(NCC(=O)N2CCC(N3CCC(C#Cc4ccc(C(=O)Nc5ccc(C6CCN(C7=Nn8c(nnc8C(F)(F)F)CC7)CC6)cc5)nc4)CC3)CC2)c1C=O)C1CCC(=O)NC1=O. The second-order valence-electron chi connectivity index (χ2n) is 18.8. The van der Waals surface area contributed by atoms with E-state index in [1.54, 1.807) is 30.5 Å². The van der Waals surface area contributed by atoms with Gasteiger partial charge >= 0.3 is 6.18 Å². The van der Waals surface area contributed by atoms with Crippen molar-refractivity contribution in [2.24, 2.45) is 11.0 Å². The Morgan fingerprint density at radius 2 is 1.62 bits per heavy atom. The number of pyridine rings is 1. The number of hydrogen-bond acceptors (Lipinski definition) is 13. The number of aldehydes is 1. The van der Waals surface area contributed by atoms with Gasteiger partial charge in [-0.1, -0.05) is 30.0 Å². The van der Waals surface area contributed by atoms with Crippen molar-refractivity contribution in [1.82, 2.24) is 44.8 Å². The number of amidine groups is 1. The number of likely N-dealkylation sites (tertiary alicyclic amines) is 3. The fourth-order valence-corrected chi connectivity index (χ4v) is 10.2. The van der Waals surface area contributed by atoms with Gasteiger partial charge in [0, 0.05) is 87.6 Å². The topological polar surface area (TPSA) is 207 Å². The smallest absolute Gasteiger partial charge is 0.376 e. The lowest BCUT2D eigenvalue weighted by Crippen LogP contribution is -2.53. The van der Waals surface area contributed by atoms with Crippen LogP contribution in [0.3, 0.4) is 0 Å². The highest BCUT2D eigenvalue weighted by Crippen LogP contribution is 2.33. The molecule has 4 aromatic rings. The van der Waals surface area contributed by atoms with Gasteiger partial charge in [0.25, 0.3) is 17.6 Å². The van der Waals surface area contributed by atoms with Crippen LogP contribution in [0.15, 0.2) is 65.9 Å². The average Bonchev–Trinajstić information content (AvgIpc) is 3.84. The first-order valence-corrected chi connectivity index (χ1v) is 24.4. The van der Waals surface area contributed by atoms with Crippen LogP contribution < -0.4 is 16.0 Å². The number of nitrogens with zero attached hydrogens (tertiary/aromatic N) is 9. The van der Waals surface area contributed by atoms with Crippen molar-refractivity contribution in [3.8, 4) is 11.8 Å². The molecule has 376 valence electrons. The zero-order valence-electron chi connectivity index (χ0n) is 39.8. The van der Waals surface area contributed by atoms with E-state index >= 15 is 0 Å². The summed E-state index contributed by atoms with van der Waals surface area (Å²) in [5.41, 5.74) is 3.27. The number of nitrogens with one attached hydrogen (secondary N) is 3. The molecular weight excluding hydrogens is 934 g/mol. The molecule has 5 aliphatic heterocycles. The van der Waals surface area contributed by atoms with E-state index in [-0.39, 0.29) is 65.7 Å². The summed E-state index contributed by atoms with van der Waals surface area (Å²) in [5.74, 6) is 4.91. The van der Waals surface area contributed by atoms with Crippen LogP contribution in [0.1, 0.15) is 118 Å². The molecule has 3 N–H and O–H groups in total. The second-order valence-corrected chi connectivity index (χ2v) is 18.8. The number of piperidine rings is 4. The van der Waals surface area contributed by atoms with Crippen molar-refractivity contribution in [3.05, 3.63) is 100 Å². The van der Waals surface area contributed by atoms with Gasteiger partial charge in [0.2, 0.25) is 17.7 Å². The summed E-state index contributed by atoms with van der Waals surface area (Å²) in [5, 5.41) is 19.5. The lowest BCUT2D eigenvalue weighted by atomic mass is 9.89. The number of imide groups is 1. The molecule has 18 nitrogen and oxygen atoms in total. The Labute approximate surface area is 413 Å². The first-order chi connectivity index (χ1) is 34.7. The van der Waals surface area contributed by atoms with Crippen molar-refractivity contribution in [1.29, 1.82) is 0 Å². The number of hydrogen-bond donors (Lipinski definition) is 3. The van der Waals surface area contributed by atoms with Gasteiger partial charge in [-0.15, -0.1) is 10.2 Å². The largest absolute Gasteiger partial charge is 0.453 e. The Kier molecular flexibility index (Phi) is 14.8. The third-order valence-corrected chi connectivity index (χ3v) is 14.4. The normalized spacial score (nSPS) is 19.3. The van der Waals surface area contributed by atoms with E-state index in [2.05, 4.69) is 53.0 Å². The molecule has 0 bridgehead atoms. The lowest BCUT2D eigenvalue weighted by molar-refractivity contribution is -0.147. The fraction of sp³-hybridized carbons (Fsp3) is 0.451. The monoisotopic (exact) mass is 988 g/mol. The molecule has 1 unspecified atom stereocenters. The maximum atomic E-state index is 13.4. The Balaban J connectivity index is 0.680. The molecular formula is C51H55F3N12O6. The Bertz CT molecular complexity index is 2800. The molecule has 4 fully saturated rings. The van der Waals surface area contributed by atoms with Gasteiger partial charge < -0.3 is 30.2 Å². The predicted octanol–water partition coefficient (Wildman–Crippen LogP) is 4.79. The Hall–Kier alpha value is -7.47. The van der Waals surface area contributed by atoms with E-state index in [1.165, 1.54) is 18.0 Å². The summed E-state index contributed by atoms with van der Waals surface area (Å²) in [7, 11) is 1.46. The minimum Gasteiger partial charge on any atom is -0.376 e. The lowest BCUT2D eigenvalue weighted by Gasteiger charge is -2.41. The zero-order chi connectivity index (χ0) is 50.5. The number of benzene rings is 2. The van der Waals surface area contributed by atoms with Gasteiger partial charge in [0.1, 0.15) is 17.6 Å². The third-order valence-electron chi connectivity index (χ3n) is 14.4. The summed E-state index contributed by atoms with van der Waals surface area (Å²) in [4.78, 5) is 87.9. The van der Waals surface area contributed by atoms with Gasteiger partial charge in [0.15, 0.2) is 12.1 Å². The van der Waals surface area contributed by atoms with Gasteiger partial charge in [0.05, 0.1) is 17.7 Å². The number of amides is 5. The van der Waals surface area contributed by atoms with Crippen molar-refractivity contribution in [2.45, 2.75) is 88.4 Å². The standard InChI is InChI=1S/C51H55F3N12O6/c1-62(42-13-16-45(68)58-48(42)71)49(72)38-3-2-4-40(39(38)31-67)56-30-46(69)65-27-21-37(22-28-65)63-23-17-32(18-24-63)5-6-33-7-12-41(55-29-33)47(70)57-36-10-8-34(9-11-36)35-19-25-64(26-20-35)44-15-14-43-59-60-50(51(52,53)54)66(43)61-44/h2-4,7-12,29,31-32,35,37,42,56H,13-28,30H2,1H3,(H,57,70)(H,58,68,71). The summed E-state index contributed by atoms with van der Waals surface area (Å²) >= 11 is 0. The second kappa shape index (κ2) is 21.5. The molecule has 72 heavy (non-hydrogen) atoms. The van der Waals surface area contributed by atoms with Crippen LogP contribution in [0.2, 0.25) is 0 Å². The van der Waals surface area contributed by atoms with Crippen LogP contribution in [-0.4, -0.2) is 146 Å². The number of aryl methyl sites for hydroxylation is 1. The molecule has 7 heterocycles. The molecule has 0 spiro atoms. The van der Waals surface area contributed by atoms with Crippen molar-refractivity contribution in [3.63, 3.8) is 0 Å². The summed E-state index contributed by atoms with van der Waals surface area (Å²) in [6.45, 7) is 4.28. The van der Waals surface area contributed by atoms with Crippen molar-refractivity contribution >= 4 is 53.0 Å². The molecule has 5 aliphatic rings. The molecule has 1 atom stereocenters. The Morgan fingerprint density at radius 3 is 2.31 bits per heavy atom. The maximum absolute atomic E-state index is 13.4. The van der Waals surface area contributed by atoms with E-state index in [1.807, 2.05) is 34.1 Å². The number of rotatable bonds is 10. The van der Waals surface area contributed by atoms with Crippen LogP contribution in [0.5, 0.6) is 0 Å². The average molecular weight is 989 g/mol. The van der Waals surface area contributed by atoms with Crippen LogP contribution in [0.25, 0.3) is 0 Å². The van der Waals surface area contributed by atoms with Crippen molar-refractivity contribution in [2.75, 3.05) is 63.5 Å². The number of halogens is 3. The molecule has 2 aromatic heterocycles. The summed E-state index contributed by atoms with van der Waals surface area (Å²) < 4.78 is 41.0. The zero-order valence-corrected chi connectivity index (χ0v) is 39.8. The van der Waals surface area contributed by atoms with Crippen LogP contribution in [0.4, 0.5) is 24.5 Å². The van der Waals surface area contributed by atoms with E-state index in [0.29, 0.717) is 68.6 Å². The quantitative estimate of drug-likeness (QED) is 0.111. The van der Waals surface area contributed by atoms with Crippen molar-refractivity contribution < 1.29 is 41.9 Å². The minimum absolute atomic E-state index is 0.0572. The number of carbonyl (C=O) groups is 6. The van der Waals surface area contributed by atoms with Crippen LogP contribution >= 0.6 is 0 Å². The molecule has 0 saturated carbocycles. The van der Waals surface area contributed by atoms with E-state index in [9.17, 15) is 41.9 Å². The molecule has 21 heteroatoms. The van der Waals surface area contributed by atoms with E-state index < -0.39 is 35.8 Å². The molecule has 9 rings (SSSR count). The molecule has 0 radical (unpaired) electrons. The third kappa shape index (κ3) is 11.2. The molecule has 0 aliphatic carbocycles. The number of anilines is 2. The van der Waals surface area contributed by atoms with E-state index in [0.717, 1.165) is 67.4 Å². The van der Waals surface area contributed by atoms with E-state index in [4.69, 9.17) is 0 Å². The molecule has 2 aromatic carbocycles. The highest BCUT2D eigenvalue weighted by molar-refractivity contribution is 6.08. The number of likely N-dealkylation sites (N-methyl/N-ethyl adjacent to an activating group) is 1. The van der Waals surface area contributed by atoms with Crippen LogP contribution in [0, 0.1) is 17.8 Å². The van der Waals surface area contributed by atoms with Crippen LogP contribution in [-0.2, 0) is 27.0 Å². The highest BCUT2D eigenvalue weighted by Gasteiger charge is 2.40. The number of carbonyl (C=O) groups excluding carboxylic acids is 6. The molecule has 5 amide bonds. The minimum atomic E-state index is -4.63. The highest BCUT2D eigenvalue weighted by atomic mass is 19.4. The number of aromatic nitrogens is 4.